The zero-order chi connectivity index (χ0) is 12.5. The van der Waals surface area contributed by atoms with Crippen LogP contribution in [-0.2, 0) is 0 Å². The SMILES string of the molecule is CC1CCCC(N(C)C2(CN)CSC(C)C2)C1. The lowest BCUT2D eigenvalue weighted by molar-refractivity contribution is 0.0610. The zero-order valence-electron chi connectivity index (χ0n) is 11.6. The van der Waals surface area contributed by atoms with Gasteiger partial charge in [-0.3, -0.25) is 4.90 Å². The molecule has 100 valence electrons. The molecule has 2 rings (SSSR count). The maximum absolute atomic E-state index is 6.12. The minimum absolute atomic E-state index is 0.284. The third-order valence-corrected chi connectivity index (χ3v) is 6.33. The molecule has 0 radical (unpaired) electrons. The van der Waals surface area contributed by atoms with E-state index in [2.05, 4.69) is 37.6 Å². The molecular formula is C14H28N2S. The molecule has 2 aliphatic rings. The molecule has 1 aliphatic carbocycles. The quantitative estimate of drug-likeness (QED) is 0.842. The molecule has 0 aromatic rings. The second kappa shape index (κ2) is 5.50. The van der Waals surface area contributed by atoms with Crippen molar-refractivity contribution in [1.82, 2.24) is 4.90 Å². The van der Waals surface area contributed by atoms with Crippen molar-refractivity contribution < 1.29 is 0 Å². The lowest BCUT2D eigenvalue weighted by atomic mass is 9.83. The minimum atomic E-state index is 0.284. The molecule has 1 saturated carbocycles. The van der Waals surface area contributed by atoms with Crippen molar-refractivity contribution in [2.24, 2.45) is 11.7 Å². The molecule has 1 aliphatic heterocycles. The second-order valence-corrected chi connectivity index (χ2v) is 7.72. The van der Waals surface area contributed by atoms with Crippen molar-refractivity contribution in [3.05, 3.63) is 0 Å². The summed E-state index contributed by atoms with van der Waals surface area (Å²) in [5.41, 5.74) is 6.40. The smallest absolute Gasteiger partial charge is 0.0432 e. The predicted molar refractivity (Wildman–Crippen MR) is 77.5 cm³/mol. The van der Waals surface area contributed by atoms with Gasteiger partial charge in [-0.15, -0.1) is 0 Å². The van der Waals surface area contributed by atoms with E-state index in [1.54, 1.807) is 0 Å². The standard InChI is InChI=1S/C14H28N2S/c1-11-5-4-6-13(7-11)16(3)14(9-15)8-12(2)17-10-14/h11-13H,4-10,15H2,1-3H3. The molecule has 0 amide bonds. The van der Waals surface area contributed by atoms with E-state index in [-0.39, 0.29) is 5.54 Å². The van der Waals surface area contributed by atoms with E-state index < -0.39 is 0 Å². The first-order chi connectivity index (χ1) is 8.07. The van der Waals surface area contributed by atoms with Crippen molar-refractivity contribution >= 4 is 11.8 Å². The van der Waals surface area contributed by atoms with Gasteiger partial charge in [0, 0.05) is 29.1 Å². The van der Waals surface area contributed by atoms with Crippen LogP contribution in [0.4, 0.5) is 0 Å². The van der Waals surface area contributed by atoms with Crippen LogP contribution in [0, 0.1) is 5.92 Å². The average molecular weight is 256 g/mol. The second-order valence-electron chi connectivity index (χ2n) is 6.29. The Morgan fingerprint density at radius 2 is 2.12 bits per heavy atom. The lowest BCUT2D eigenvalue weighted by Crippen LogP contribution is -2.57. The van der Waals surface area contributed by atoms with Crippen molar-refractivity contribution in [3.8, 4) is 0 Å². The first-order valence-electron chi connectivity index (χ1n) is 7.12. The molecule has 0 aromatic heterocycles. The van der Waals surface area contributed by atoms with Crippen molar-refractivity contribution in [2.45, 2.75) is 62.8 Å². The first kappa shape index (κ1) is 13.7. The van der Waals surface area contributed by atoms with Gasteiger partial charge >= 0.3 is 0 Å². The lowest BCUT2D eigenvalue weighted by Gasteiger charge is -2.45. The minimum Gasteiger partial charge on any atom is -0.329 e. The third-order valence-electron chi connectivity index (χ3n) is 4.89. The number of likely N-dealkylation sites (N-methyl/N-ethyl adjacent to an activating group) is 1. The largest absolute Gasteiger partial charge is 0.329 e. The summed E-state index contributed by atoms with van der Waals surface area (Å²) in [6.45, 7) is 5.58. The van der Waals surface area contributed by atoms with Crippen molar-refractivity contribution in [3.63, 3.8) is 0 Å². The molecule has 0 bridgehead atoms. The molecule has 0 aromatic carbocycles. The summed E-state index contributed by atoms with van der Waals surface area (Å²) in [5, 5.41) is 0.780. The molecular weight excluding hydrogens is 228 g/mol. The highest BCUT2D eigenvalue weighted by Gasteiger charge is 2.43. The van der Waals surface area contributed by atoms with Gasteiger partial charge in [0.1, 0.15) is 0 Å². The van der Waals surface area contributed by atoms with E-state index in [1.165, 1.54) is 37.9 Å². The molecule has 2 nitrogen and oxygen atoms in total. The first-order valence-corrected chi connectivity index (χ1v) is 8.17. The number of nitrogens with two attached hydrogens (primary N) is 1. The Morgan fingerprint density at radius 3 is 2.65 bits per heavy atom. The number of nitrogens with zero attached hydrogens (tertiary/aromatic N) is 1. The summed E-state index contributed by atoms with van der Waals surface area (Å²) < 4.78 is 0. The van der Waals surface area contributed by atoms with Gasteiger partial charge < -0.3 is 5.73 Å². The van der Waals surface area contributed by atoms with Gasteiger partial charge in [0.05, 0.1) is 0 Å². The van der Waals surface area contributed by atoms with Crippen LogP contribution < -0.4 is 5.73 Å². The fourth-order valence-corrected chi connectivity index (χ4v) is 5.09. The van der Waals surface area contributed by atoms with Crippen molar-refractivity contribution in [2.75, 3.05) is 19.3 Å². The Morgan fingerprint density at radius 1 is 1.35 bits per heavy atom. The van der Waals surface area contributed by atoms with E-state index in [4.69, 9.17) is 5.73 Å². The summed E-state index contributed by atoms with van der Waals surface area (Å²) in [5.74, 6) is 2.13. The Bertz CT molecular complexity index is 259. The maximum atomic E-state index is 6.12. The zero-order valence-corrected chi connectivity index (χ0v) is 12.4. The van der Waals surface area contributed by atoms with E-state index in [0.29, 0.717) is 0 Å². The predicted octanol–water partition coefficient (Wildman–Crippen LogP) is 2.72. The van der Waals surface area contributed by atoms with E-state index >= 15 is 0 Å². The number of thioether (sulfide) groups is 1. The monoisotopic (exact) mass is 256 g/mol. The summed E-state index contributed by atoms with van der Waals surface area (Å²) in [6.07, 6.45) is 6.85. The van der Waals surface area contributed by atoms with E-state index in [1.807, 2.05) is 0 Å². The molecule has 2 fully saturated rings. The Balaban J connectivity index is 2.04. The molecule has 4 unspecified atom stereocenters. The van der Waals surface area contributed by atoms with Crippen LogP contribution in [0.5, 0.6) is 0 Å². The van der Waals surface area contributed by atoms with Crippen LogP contribution in [0.2, 0.25) is 0 Å². The molecule has 2 N–H and O–H groups in total. The summed E-state index contributed by atoms with van der Waals surface area (Å²) in [7, 11) is 2.33. The van der Waals surface area contributed by atoms with E-state index in [9.17, 15) is 0 Å². The Kier molecular flexibility index (Phi) is 4.43. The third kappa shape index (κ3) is 2.82. The van der Waals surface area contributed by atoms with Gasteiger partial charge in [0.2, 0.25) is 0 Å². The van der Waals surface area contributed by atoms with Crippen LogP contribution >= 0.6 is 11.8 Å². The summed E-state index contributed by atoms with van der Waals surface area (Å²) in [6, 6.07) is 0.771. The highest BCUT2D eigenvalue weighted by molar-refractivity contribution is 8.00. The molecule has 1 saturated heterocycles. The van der Waals surface area contributed by atoms with Gasteiger partial charge in [0.25, 0.3) is 0 Å². The number of hydrogen-bond acceptors (Lipinski definition) is 3. The molecule has 4 atom stereocenters. The van der Waals surface area contributed by atoms with Gasteiger partial charge in [0.15, 0.2) is 0 Å². The van der Waals surface area contributed by atoms with Crippen LogP contribution in [0.15, 0.2) is 0 Å². The van der Waals surface area contributed by atoms with Crippen LogP contribution in [0.1, 0.15) is 46.0 Å². The molecule has 17 heavy (non-hydrogen) atoms. The molecule has 0 spiro atoms. The molecule has 3 heteroatoms. The van der Waals surface area contributed by atoms with Crippen LogP contribution in [-0.4, -0.2) is 41.1 Å². The Labute approximate surface area is 111 Å². The topological polar surface area (TPSA) is 29.3 Å². The van der Waals surface area contributed by atoms with Gasteiger partial charge in [-0.05, 0) is 32.2 Å². The van der Waals surface area contributed by atoms with E-state index in [0.717, 1.165) is 23.8 Å². The fraction of sp³-hybridized carbons (Fsp3) is 1.00. The van der Waals surface area contributed by atoms with Crippen LogP contribution in [0.25, 0.3) is 0 Å². The van der Waals surface area contributed by atoms with Crippen LogP contribution in [0.3, 0.4) is 0 Å². The maximum Gasteiger partial charge on any atom is 0.0432 e. The van der Waals surface area contributed by atoms with Gasteiger partial charge in [-0.25, -0.2) is 0 Å². The summed E-state index contributed by atoms with van der Waals surface area (Å²) >= 11 is 2.10. The number of rotatable bonds is 3. The average Bonchev–Trinajstić information content (AvgIpc) is 2.71. The van der Waals surface area contributed by atoms with Gasteiger partial charge in [-0.2, -0.15) is 11.8 Å². The molecule has 1 heterocycles. The Hall–Kier alpha value is 0.270. The fourth-order valence-electron chi connectivity index (χ4n) is 3.62. The van der Waals surface area contributed by atoms with Gasteiger partial charge in [-0.1, -0.05) is 26.7 Å². The summed E-state index contributed by atoms with van der Waals surface area (Å²) in [4.78, 5) is 2.65. The van der Waals surface area contributed by atoms with Crippen molar-refractivity contribution in [1.29, 1.82) is 0 Å². The highest BCUT2D eigenvalue weighted by atomic mass is 32.2. The number of hydrogen-bond donors (Lipinski definition) is 1. The normalized spacial score (nSPS) is 43.2. The highest BCUT2D eigenvalue weighted by Crippen LogP contribution is 2.40.